The van der Waals surface area contributed by atoms with Crippen LogP contribution in [0.3, 0.4) is 0 Å². The summed E-state index contributed by atoms with van der Waals surface area (Å²) in [6, 6.07) is 0. The number of hydrogen-bond acceptors (Lipinski definition) is 3. The van der Waals surface area contributed by atoms with Gasteiger partial charge in [-0.1, -0.05) is 20.8 Å². The van der Waals surface area contributed by atoms with Crippen molar-refractivity contribution in [1.82, 2.24) is 0 Å². The fourth-order valence-electron chi connectivity index (χ4n) is 4.64. The molecule has 2 fully saturated rings. The van der Waals surface area contributed by atoms with E-state index < -0.39 is 6.29 Å². The van der Waals surface area contributed by atoms with E-state index in [0.717, 1.165) is 24.7 Å². The molecule has 0 aromatic carbocycles. The first-order chi connectivity index (χ1) is 10.5. The van der Waals surface area contributed by atoms with Gasteiger partial charge < -0.3 is 14.6 Å². The lowest BCUT2D eigenvalue weighted by molar-refractivity contribution is -0.151. The minimum atomic E-state index is -0.570. The predicted octanol–water partition coefficient (Wildman–Crippen LogP) is 4.52. The lowest BCUT2D eigenvalue weighted by atomic mass is 9.60. The molecule has 3 heteroatoms. The molecule has 0 aromatic rings. The number of methoxy groups -OCH3 is 1. The van der Waals surface area contributed by atoms with Gasteiger partial charge in [0.2, 0.25) is 0 Å². The first-order valence-corrected chi connectivity index (χ1v) is 9.33. The third-order valence-corrected chi connectivity index (χ3v) is 6.48. The van der Waals surface area contributed by atoms with E-state index in [1.165, 1.54) is 38.5 Å². The molecule has 22 heavy (non-hydrogen) atoms. The van der Waals surface area contributed by atoms with Crippen molar-refractivity contribution in [3.8, 4) is 0 Å². The third kappa shape index (κ3) is 4.46. The Labute approximate surface area is 136 Å². The van der Waals surface area contributed by atoms with E-state index in [0.29, 0.717) is 17.9 Å². The summed E-state index contributed by atoms with van der Waals surface area (Å²) in [5, 5.41) is 9.65. The minimum Gasteiger partial charge on any atom is -0.381 e. The average molecular weight is 312 g/mol. The summed E-state index contributed by atoms with van der Waals surface area (Å²) in [7, 11) is 1.85. The largest absolute Gasteiger partial charge is 0.381 e. The summed E-state index contributed by atoms with van der Waals surface area (Å²) in [6.45, 7) is 6.94. The second kappa shape index (κ2) is 8.12. The van der Waals surface area contributed by atoms with Crippen LogP contribution in [0, 0.1) is 17.3 Å². The highest BCUT2D eigenvalue weighted by Gasteiger charge is 2.40. The van der Waals surface area contributed by atoms with Gasteiger partial charge in [-0.3, -0.25) is 0 Å². The SMILES string of the molecule is CCC(O)OC1CCC(C(C)(C)C2CCC(OC)CC2)CC1. The molecule has 2 saturated carbocycles. The van der Waals surface area contributed by atoms with Gasteiger partial charge in [-0.2, -0.15) is 0 Å². The van der Waals surface area contributed by atoms with Gasteiger partial charge in [-0.25, -0.2) is 0 Å². The second-order valence-electron chi connectivity index (χ2n) is 8.00. The zero-order chi connectivity index (χ0) is 16.2. The highest BCUT2D eigenvalue weighted by Crippen LogP contribution is 2.48. The second-order valence-corrected chi connectivity index (χ2v) is 8.00. The van der Waals surface area contributed by atoms with Crippen LogP contribution in [0.1, 0.15) is 78.6 Å². The van der Waals surface area contributed by atoms with Gasteiger partial charge in [0.05, 0.1) is 12.2 Å². The molecule has 130 valence electrons. The quantitative estimate of drug-likeness (QED) is 0.733. The average Bonchev–Trinajstić information content (AvgIpc) is 2.55. The van der Waals surface area contributed by atoms with E-state index in [9.17, 15) is 5.11 Å². The number of ether oxygens (including phenoxy) is 2. The molecule has 3 nitrogen and oxygen atoms in total. The molecule has 1 atom stereocenters. The molecule has 0 heterocycles. The maximum atomic E-state index is 9.65. The van der Waals surface area contributed by atoms with E-state index >= 15 is 0 Å². The molecule has 2 rings (SSSR count). The molecule has 0 saturated heterocycles. The van der Waals surface area contributed by atoms with E-state index in [-0.39, 0.29) is 6.10 Å². The van der Waals surface area contributed by atoms with Crippen molar-refractivity contribution in [2.24, 2.45) is 17.3 Å². The lowest BCUT2D eigenvalue weighted by Gasteiger charge is -2.46. The van der Waals surface area contributed by atoms with Gasteiger partial charge in [0.25, 0.3) is 0 Å². The van der Waals surface area contributed by atoms with Gasteiger partial charge >= 0.3 is 0 Å². The minimum absolute atomic E-state index is 0.270. The fourth-order valence-corrected chi connectivity index (χ4v) is 4.64. The lowest BCUT2D eigenvalue weighted by Crippen LogP contribution is -2.39. The Hall–Kier alpha value is -0.120. The molecule has 0 radical (unpaired) electrons. The van der Waals surface area contributed by atoms with Gasteiger partial charge in [-0.05, 0) is 75.0 Å². The van der Waals surface area contributed by atoms with Crippen LogP contribution < -0.4 is 0 Å². The van der Waals surface area contributed by atoms with Crippen molar-refractivity contribution < 1.29 is 14.6 Å². The summed E-state index contributed by atoms with van der Waals surface area (Å²) < 4.78 is 11.2. The van der Waals surface area contributed by atoms with Crippen molar-refractivity contribution in [3.05, 3.63) is 0 Å². The van der Waals surface area contributed by atoms with Crippen molar-refractivity contribution in [3.63, 3.8) is 0 Å². The molecule has 2 aliphatic carbocycles. The topological polar surface area (TPSA) is 38.7 Å². The van der Waals surface area contributed by atoms with Gasteiger partial charge in [0.1, 0.15) is 0 Å². The Morgan fingerprint density at radius 1 is 0.909 bits per heavy atom. The van der Waals surface area contributed by atoms with Crippen molar-refractivity contribution >= 4 is 0 Å². The Bertz CT molecular complexity index is 313. The molecule has 1 N–H and O–H groups in total. The number of aliphatic hydroxyl groups is 1. The van der Waals surface area contributed by atoms with Crippen LogP contribution in [0.15, 0.2) is 0 Å². The van der Waals surface area contributed by atoms with Crippen LogP contribution in [-0.4, -0.2) is 30.7 Å². The third-order valence-electron chi connectivity index (χ3n) is 6.48. The molecule has 1 unspecified atom stereocenters. The number of aliphatic hydroxyl groups excluding tert-OH is 1. The van der Waals surface area contributed by atoms with E-state index in [2.05, 4.69) is 13.8 Å². The number of rotatable bonds is 6. The van der Waals surface area contributed by atoms with Crippen molar-refractivity contribution in [1.29, 1.82) is 0 Å². The van der Waals surface area contributed by atoms with Gasteiger partial charge in [0.15, 0.2) is 6.29 Å². The van der Waals surface area contributed by atoms with E-state index in [1.807, 2.05) is 14.0 Å². The molecule has 0 bridgehead atoms. The zero-order valence-corrected chi connectivity index (χ0v) is 15.0. The first kappa shape index (κ1) is 18.2. The van der Waals surface area contributed by atoms with Crippen molar-refractivity contribution in [2.75, 3.05) is 7.11 Å². The maximum absolute atomic E-state index is 9.65. The Kier molecular flexibility index (Phi) is 6.73. The Balaban J connectivity index is 1.81. The van der Waals surface area contributed by atoms with Gasteiger partial charge in [-0.15, -0.1) is 0 Å². The summed E-state index contributed by atoms with van der Waals surface area (Å²) >= 11 is 0. The molecule has 0 aromatic heterocycles. The molecule has 0 aliphatic heterocycles. The predicted molar refractivity (Wildman–Crippen MR) is 89.7 cm³/mol. The molecule has 0 amide bonds. The highest BCUT2D eigenvalue weighted by molar-refractivity contribution is 4.91. The summed E-state index contributed by atoms with van der Waals surface area (Å²) in [5.74, 6) is 1.64. The first-order valence-electron chi connectivity index (χ1n) is 9.33. The van der Waals surface area contributed by atoms with Gasteiger partial charge in [0, 0.05) is 7.11 Å². The molecule has 0 spiro atoms. The van der Waals surface area contributed by atoms with E-state index in [1.54, 1.807) is 0 Å². The smallest absolute Gasteiger partial charge is 0.154 e. The summed E-state index contributed by atoms with van der Waals surface area (Å²) in [4.78, 5) is 0. The maximum Gasteiger partial charge on any atom is 0.154 e. The molecular formula is C19H36O3. The van der Waals surface area contributed by atoms with Crippen LogP contribution in [0.5, 0.6) is 0 Å². The Morgan fingerprint density at radius 2 is 1.36 bits per heavy atom. The number of hydrogen-bond donors (Lipinski definition) is 1. The molecular weight excluding hydrogens is 276 g/mol. The van der Waals surface area contributed by atoms with Crippen molar-refractivity contribution in [2.45, 2.75) is 97.1 Å². The zero-order valence-electron chi connectivity index (χ0n) is 15.0. The monoisotopic (exact) mass is 312 g/mol. The van der Waals surface area contributed by atoms with Crippen LogP contribution in [-0.2, 0) is 9.47 Å². The van der Waals surface area contributed by atoms with E-state index in [4.69, 9.17) is 9.47 Å². The summed E-state index contributed by atoms with van der Waals surface area (Å²) in [5.41, 5.74) is 0.424. The Morgan fingerprint density at radius 3 is 1.77 bits per heavy atom. The highest BCUT2D eigenvalue weighted by atomic mass is 16.6. The molecule has 2 aliphatic rings. The van der Waals surface area contributed by atoms with Crippen LogP contribution in [0.25, 0.3) is 0 Å². The van der Waals surface area contributed by atoms with Crippen LogP contribution in [0.2, 0.25) is 0 Å². The summed E-state index contributed by atoms with van der Waals surface area (Å²) in [6.07, 6.45) is 10.7. The van der Waals surface area contributed by atoms with Crippen LogP contribution >= 0.6 is 0 Å². The fraction of sp³-hybridized carbons (Fsp3) is 1.00. The van der Waals surface area contributed by atoms with Crippen LogP contribution in [0.4, 0.5) is 0 Å². The standard InChI is InChI=1S/C19H36O3/c1-5-18(20)22-17-12-8-15(9-13-17)19(2,3)14-6-10-16(21-4)11-7-14/h14-18,20H,5-13H2,1-4H3. The normalized spacial score (nSPS) is 35.3.